The van der Waals surface area contributed by atoms with Crippen LogP contribution in [0.4, 0.5) is 0 Å². The molecule has 0 aliphatic carbocycles. The zero-order chi connectivity index (χ0) is 15.2. The highest BCUT2D eigenvalue weighted by atomic mass is 35.5. The molecule has 1 heterocycles. The molecule has 1 N–H and O–H groups in total. The van der Waals surface area contributed by atoms with Crippen LogP contribution >= 0.6 is 12.4 Å². The molecule has 4 nitrogen and oxygen atoms in total. The summed E-state index contributed by atoms with van der Waals surface area (Å²) in [6, 6.07) is 8.19. The van der Waals surface area contributed by atoms with Gasteiger partial charge in [0, 0.05) is 19.6 Å². The Morgan fingerprint density at radius 1 is 1.36 bits per heavy atom. The van der Waals surface area contributed by atoms with Crippen LogP contribution in [0.1, 0.15) is 25.8 Å². The SMILES string of the molecule is CC(C)COc1ccc(CC(=O)N(C)C2CCNC2)cc1.Cl. The van der Waals surface area contributed by atoms with Gasteiger partial charge in [0.2, 0.25) is 5.91 Å². The third-order valence-corrected chi connectivity index (χ3v) is 3.84. The highest BCUT2D eigenvalue weighted by Crippen LogP contribution is 2.15. The van der Waals surface area contributed by atoms with Gasteiger partial charge in [-0.3, -0.25) is 4.79 Å². The smallest absolute Gasteiger partial charge is 0.227 e. The number of likely N-dealkylation sites (N-methyl/N-ethyl adjacent to an activating group) is 1. The van der Waals surface area contributed by atoms with Gasteiger partial charge < -0.3 is 15.0 Å². The lowest BCUT2D eigenvalue weighted by molar-refractivity contribution is -0.130. The lowest BCUT2D eigenvalue weighted by Gasteiger charge is -2.23. The second-order valence-corrected chi connectivity index (χ2v) is 6.18. The van der Waals surface area contributed by atoms with Crippen LogP contribution in [0.2, 0.25) is 0 Å². The second-order valence-electron chi connectivity index (χ2n) is 6.18. The molecule has 1 aliphatic heterocycles. The summed E-state index contributed by atoms with van der Waals surface area (Å²) in [5.74, 6) is 1.56. The Bertz CT molecular complexity index is 456. The maximum Gasteiger partial charge on any atom is 0.227 e. The van der Waals surface area contributed by atoms with E-state index in [-0.39, 0.29) is 18.3 Å². The number of ether oxygens (including phenoxy) is 1. The molecule has 1 aromatic rings. The van der Waals surface area contributed by atoms with E-state index < -0.39 is 0 Å². The molecule has 2 rings (SSSR count). The third kappa shape index (κ3) is 5.50. The minimum atomic E-state index is 0. The van der Waals surface area contributed by atoms with Gasteiger partial charge in [-0.1, -0.05) is 26.0 Å². The Labute approximate surface area is 139 Å². The van der Waals surface area contributed by atoms with E-state index in [4.69, 9.17) is 4.74 Å². The quantitative estimate of drug-likeness (QED) is 0.873. The summed E-state index contributed by atoms with van der Waals surface area (Å²) in [5, 5.41) is 3.29. The number of nitrogens with one attached hydrogen (secondary N) is 1. The lowest BCUT2D eigenvalue weighted by Crippen LogP contribution is -2.39. The van der Waals surface area contributed by atoms with E-state index in [9.17, 15) is 4.79 Å². The van der Waals surface area contributed by atoms with Gasteiger partial charge in [0.05, 0.1) is 13.0 Å². The van der Waals surface area contributed by atoms with Crippen LogP contribution in [-0.2, 0) is 11.2 Å². The highest BCUT2D eigenvalue weighted by Gasteiger charge is 2.22. The highest BCUT2D eigenvalue weighted by molar-refractivity contribution is 5.85. The first-order valence-corrected chi connectivity index (χ1v) is 7.74. The first-order chi connectivity index (χ1) is 10.1. The minimum absolute atomic E-state index is 0. The number of nitrogens with zero attached hydrogens (tertiary/aromatic N) is 1. The van der Waals surface area contributed by atoms with Crippen molar-refractivity contribution in [3.63, 3.8) is 0 Å². The van der Waals surface area contributed by atoms with Crippen LogP contribution in [0.5, 0.6) is 5.75 Å². The number of hydrogen-bond donors (Lipinski definition) is 1. The molecule has 0 radical (unpaired) electrons. The van der Waals surface area contributed by atoms with Crippen LogP contribution in [0.25, 0.3) is 0 Å². The average Bonchev–Trinajstić information content (AvgIpc) is 2.99. The Balaban J connectivity index is 0.00000242. The van der Waals surface area contributed by atoms with Crippen LogP contribution in [0.15, 0.2) is 24.3 Å². The number of carbonyl (C=O) groups excluding carboxylic acids is 1. The number of amides is 1. The molecule has 1 saturated heterocycles. The van der Waals surface area contributed by atoms with Crippen molar-refractivity contribution in [3.05, 3.63) is 29.8 Å². The molecule has 0 bridgehead atoms. The Hall–Kier alpha value is -1.26. The van der Waals surface area contributed by atoms with E-state index in [0.29, 0.717) is 18.4 Å². The van der Waals surface area contributed by atoms with E-state index in [1.807, 2.05) is 36.2 Å². The molecule has 1 aromatic carbocycles. The summed E-state index contributed by atoms with van der Waals surface area (Å²) in [4.78, 5) is 14.1. The fourth-order valence-electron chi connectivity index (χ4n) is 2.44. The predicted molar refractivity (Wildman–Crippen MR) is 91.8 cm³/mol. The second kappa shape index (κ2) is 9.01. The lowest BCUT2D eigenvalue weighted by atomic mass is 10.1. The standard InChI is InChI=1S/C17H26N2O2.ClH/c1-13(2)12-21-16-6-4-14(5-7-16)10-17(20)19(3)15-8-9-18-11-15;/h4-7,13,15,18H,8-12H2,1-3H3;1H. The van der Waals surface area contributed by atoms with Crippen LogP contribution in [0.3, 0.4) is 0 Å². The molecule has 1 aliphatic rings. The molecule has 1 amide bonds. The number of benzene rings is 1. The molecule has 1 unspecified atom stereocenters. The fraction of sp³-hybridized carbons (Fsp3) is 0.588. The maximum atomic E-state index is 12.3. The van der Waals surface area contributed by atoms with Gasteiger partial charge >= 0.3 is 0 Å². The summed E-state index contributed by atoms with van der Waals surface area (Å²) in [5.41, 5.74) is 1.04. The number of rotatable bonds is 6. The predicted octanol–water partition coefficient (Wildman–Crippen LogP) is 2.51. The zero-order valence-electron chi connectivity index (χ0n) is 13.7. The van der Waals surface area contributed by atoms with Crippen molar-refractivity contribution in [2.75, 3.05) is 26.7 Å². The molecule has 22 heavy (non-hydrogen) atoms. The summed E-state index contributed by atoms with van der Waals surface area (Å²) < 4.78 is 5.65. The topological polar surface area (TPSA) is 41.6 Å². The van der Waals surface area contributed by atoms with Crippen molar-refractivity contribution in [2.24, 2.45) is 5.92 Å². The Morgan fingerprint density at radius 2 is 2.05 bits per heavy atom. The van der Waals surface area contributed by atoms with E-state index in [0.717, 1.165) is 37.4 Å². The number of carbonyl (C=O) groups is 1. The molecular formula is C17H27ClN2O2. The monoisotopic (exact) mass is 326 g/mol. The number of hydrogen-bond acceptors (Lipinski definition) is 3. The van der Waals surface area contributed by atoms with E-state index >= 15 is 0 Å². The third-order valence-electron chi connectivity index (χ3n) is 3.84. The van der Waals surface area contributed by atoms with Gasteiger partial charge in [0.1, 0.15) is 5.75 Å². The first-order valence-electron chi connectivity index (χ1n) is 7.74. The van der Waals surface area contributed by atoms with E-state index in [2.05, 4.69) is 19.2 Å². The van der Waals surface area contributed by atoms with Gasteiger partial charge in [-0.2, -0.15) is 0 Å². The van der Waals surface area contributed by atoms with Gasteiger partial charge in [-0.15, -0.1) is 12.4 Å². The van der Waals surface area contributed by atoms with Crippen molar-refractivity contribution in [2.45, 2.75) is 32.7 Å². The molecule has 5 heteroatoms. The van der Waals surface area contributed by atoms with E-state index in [1.54, 1.807) is 0 Å². The van der Waals surface area contributed by atoms with Gasteiger partial charge in [0.25, 0.3) is 0 Å². The largest absolute Gasteiger partial charge is 0.493 e. The van der Waals surface area contributed by atoms with Crippen LogP contribution in [-0.4, -0.2) is 43.6 Å². The van der Waals surface area contributed by atoms with Crippen molar-refractivity contribution in [1.82, 2.24) is 10.2 Å². The Kier molecular flexibility index (Phi) is 7.69. The minimum Gasteiger partial charge on any atom is -0.493 e. The first kappa shape index (κ1) is 18.8. The van der Waals surface area contributed by atoms with Gasteiger partial charge in [-0.05, 0) is 36.6 Å². The van der Waals surface area contributed by atoms with Crippen molar-refractivity contribution >= 4 is 18.3 Å². The molecule has 1 fully saturated rings. The summed E-state index contributed by atoms with van der Waals surface area (Å²) in [7, 11) is 1.90. The molecule has 1 atom stereocenters. The average molecular weight is 327 g/mol. The normalized spacial score (nSPS) is 17.2. The Morgan fingerprint density at radius 3 is 2.59 bits per heavy atom. The van der Waals surface area contributed by atoms with Crippen molar-refractivity contribution in [3.8, 4) is 5.75 Å². The van der Waals surface area contributed by atoms with Gasteiger partial charge in [0.15, 0.2) is 0 Å². The summed E-state index contributed by atoms with van der Waals surface area (Å²) in [6.07, 6.45) is 1.50. The summed E-state index contributed by atoms with van der Waals surface area (Å²) in [6.45, 7) is 6.88. The fourth-order valence-corrected chi connectivity index (χ4v) is 2.44. The molecular weight excluding hydrogens is 300 g/mol. The molecule has 0 aromatic heterocycles. The molecule has 0 spiro atoms. The molecule has 124 valence electrons. The van der Waals surface area contributed by atoms with Gasteiger partial charge in [-0.25, -0.2) is 0 Å². The van der Waals surface area contributed by atoms with Crippen molar-refractivity contribution in [1.29, 1.82) is 0 Å². The van der Waals surface area contributed by atoms with Crippen LogP contribution in [0, 0.1) is 5.92 Å². The van der Waals surface area contributed by atoms with E-state index in [1.165, 1.54) is 0 Å². The van der Waals surface area contributed by atoms with Crippen LogP contribution < -0.4 is 10.1 Å². The van der Waals surface area contributed by atoms with Crippen molar-refractivity contribution < 1.29 is 9.53 Å². The zero-order valence-corrected chi connectivity index (χ0v) is 14.5. The number of halogens is 1. The maximum absolute atomic E-state index is 12.3. The summed E-state index contributed by atoms with van der Waals surface area (Å²) >= 11 is 0. The molecule has 0 saturated carbocycles.